The van der Waals surface area contributed by atoms with Gasteiger partial charge in [-0.2, -0.15) is 0 Å². The highest BCUT2D eigenvalue weighted by Crippen LogP contribution is 2.43. The minimum absolute atomic E-state index is 0. The molecule has 1 amide bonds. The van der Waals surface area contributed by atoms with Crippen molar-refractivity contribution in [3.05, 3.63) is 50.4 Å². The Morgan fingerprint density at radius 2 is 2.22 bits per heavy atom. The van der Waals surface area contributed by atoms with Crippen LogP contribution in [0.5, 0.6) is 0 Å². The number of hydrogen-bond donors (Lipinski definition) is 2. The van der Waals surface area contributed by atoms with Crippen molar-refractivity contribution in [3.63, 3.8) is 0 Å². The van der Waals surface area contributed by atoms with Gasteiger partial charge >= 0.3 is 0 Å². The van der Waals surface area contributed by atoms with E-state index in [1.807, 2.05) is 6.07 Å². The van der Waals surface area contributed by atoms with E-state index in [0.717, 1.165) is 22.3 Å². The number of hydrogen-bond acceptors (Lipinski definition) is 4. The number of nitrogens with one attached hydrogen (secondary N) is 1. The molecule has 1 aromatic carbocycles. The van der Waals surface area contributed by atoms with E-state index in [4.69, 9.17) is 5.73 Å². The molecule has 2 aromatic rings. The normalized spacial score (nSPS) is 15.4. The Labute approximate surface area is 154 Å². The number of carbonyl (C=O) groups excluding carboxylic acids is 1. The van der Waals surface area contributed by atoms with Gasteiger partial charge in [0.15, 0.2) is 0 Å². The maximum atomic E-state index is 12.2. The summed E-state index contributed by atoms with van der Waals surface area (Å²) in [6.45, 7) is 1.03. The van der Waals surface area contributed by atoms with Gasteiger partial charge in [0.05, 0.1) is 0 Å². The van der Waals surface area contributed by atoms with E-state index >= 15 is 0 Å². The molecule has 4 nitrogen and oxygen atoms in total. The van der Waals surface area contributed by atoms with Gasteiger partial charge in [0.25, 0.3) is 5.91 Å². The number of thiazole rings is 1. The van der Waals surface area contributed by atoms with Gasteiger partial charge in [0.1, 0.15) is 10.7 Å². The van der Waals surface area contributed by atoms with E-state index in [9.17, 15) is 4.79 Å². The Morgan fingerprint density at radius 3 is 2.78 bits per heavy atom. The zero-order valence-electron chi connectivity index (χ0n) is 12.5. The van der Waals surface area contributed by atoms with Gasteiger partial charge in [-0.05, 0) is 30.5 Å². The zero-order chi connectivity index (χ0) is 15.6. The Kier molecular flexibility index (Phi) is 6.19. The van der Waals surface area contributed by atoms with Crippen LogP contribution in [0, 0.1) is 0 Å². The number of halogens is 2. The number of nitrogens with zero attached hydrogens (tertiary/aromatic N) is 1. The molecule has 0 saturated heterocycles. The fourth-order valence-corrected chi connectivity index (χ4v) is 3.89. The summed E-state index contributed by atoms with van der Waals surface area (Å²) in [5, 5.41) is 5.60. The molecule has 1 aliphatic rings. The van der Waals surface area contributed by atoms with Crippen LogP contribution in [0.2, 0.25) is 0 Å². The molecule has 3 N–H and O–H groups in total. The summed E-state index contributed by atoms with van der Waals surface area (Å²) in [7, 11) is 0. The van der Waals surface area contributed by atoms with Crippen LogP contribution in [0.1, 0.15) is 40.3 Å². The molecule has 0 radical (unpaired) electrons. The van der Waals surface area contributed by atoms with E-state index in [1.54, 1.807) is 5.38 Å². The number of nitrogens with two attached hydrogens (primary N) is 1. The first kappa shape index (κ1) is 18.4. The molecule has 124 valence electrons. The molecular formula is C16H19BrClN3OS. The molecule has 1 aliphatic carbocycles. The van der Waals surface area contributed by atoms with Gasteiger partial charge in [-0.15, -0.1) is 23.7 Å². The van der Waals surface area contributed by atoms with Crippen molar-refractivity contribution < 1.29 is 4.79 Å². The summed E-state index contributed by atoms with van der Waals surface area (Å²) in [6, 6.07) is 8.37. The molecule has 0 aliphatic heterocycles. The lowest BCUT2D eigenvalue weighted by atomic mass is 9.64. The predicted molar refractivity (Wildman–Crippen MR) is 99.3 cm³/mol. The summed E-state index contributed by atoms with van der Waals surface area (Å²) < 4.78 is 1.08. The molecule has 0 spiro atoms. The quantitative estimate of drug-likeness (QED) is 0.782. The van der Waals surface area contributed by atoms with E-state index < -0.39 is 0 Å². The molecule has 0 unspecified atom stereocenters. The van der Waals surface area contributed by atoms with E-state index in [-0.39, 0.29) is 23.7 Å². The summed E-state index contributed by atoms with van der Waals surface area (Å²) >= 11 is 4.95. The van der Waals surface area contributed by atoms with Crippen LogP contribution in [0.25, 0.3) is 0 Å². The molecular weight excluding hydrogens is 398 g/mol. The van der Waals surface area contributed by atoms with Crippen LogP contribution in [-0.4, -0.2) is 17.4 Å². The van der Waals surface area contributed by atoms with Crippen LogP contribution in [-0.2, 0) is 12.0 Å². The van der Waals surface area contributed by atoms with Crippen molar-refractivity contribution in [2.45, 2.75) is 31.2 Å². The highest BCUT2D eigenvalue weighted by molar-refractivity contribution is 9.10. The van der Waals surface area contributed by atoms with Gasteiger partial charge in [0.2, 0.25) is 0 Å². The third-order valence-corrected chi connectivity index (χ3v) is 5.66. The van der Waals surface area contributed by atoms with Crippen molar-refractivity contribution in [3.8, 4) is 0 Å². The molecule has 3 rings (SSSR count). The summed E-state index contributed by atoms with van der Waals surface area (Å²) in [4.78, 5) is 16.5. The van der Waals surface area contributed by atoms with Crippen molar-refractivity contribution in [2.24, 2.45) is 5.73 Å². The number of benzene rings is 1. The van der Waals surface area contributed by atoms with Gasteiger partial charge in [-0.1, -0.05) is 34.5 Å². The van der Waals surface area contributed by atoms with Crippen LogP contribution in [0.15, 0.2) is 34.1 Å². The SMILES string of the molecule is Cl.NCc1nc(C(=O)NCC2(c3cccc(Br)c3)CCC2)cs1. The summed E-state index contributed by atoms with van der Waals surface area (Å²) in [5.74, 6) is -0.114. The first-order chi connectivity index (χ1) is 10.6. The summed E-state index contributed by atoms with van der Waals surface area (Å²) in [5.41, 5.74) is 7.35. The number of aromatic nitrogens is 1. The van der Waals surface area contributed by atoms with Crippen LogP contribution < -0.4 is 11.1 Å². The molecule has 1 aromatic heterocycles. The van der Waals surface area contributed by atoms with Crippen molar-refractivity contribution in [2.75, 3.05) is 6.54 Å². The highest BCUT2D eigenvalue weighted by atomic mass is 79.9. The largest absolute Gasteiger partial charge is 0.350 e. The molecule has 1 saturated carbocycles. The monoisotopic (exact) mass is 415 g/mol. The maximum absolute atomic E-state index is 12.2. The van der Waals surface area contributed by atoms with Crippen molar-refractivity contribution in [1.82, 2.24) is 10.3 Å². The van der Waals surface area contributed by atoms with E-state index in [2.05, 4.69) is 44.4 Å². The second-order valence-electron chi connectivity index (χ2n) is 5.66. The minimum atomic E-state index is -0.114. The van der Waals surface area contributed by atoms with Crippen LogP contribution in [0.3, 0.4) is 0 Å². The highest BCUT2D eigenvalue weighted by Gasteiger charge is 2.39. The lowest BCUT2D eigenvalue weighted by molar-refractivity contribution is 0.0923. The number of rotatable bonds is 5. The summed E-state index contributed by atoms with van der Waals surface area (Å²) in [6.07, 6.45) is 3.42. The van der Waals surface area contributed by atoms with Crippen LogP contribution >= 0.6 is 39.7 Å². The van der Waals surface area contributed by atoms with Crippen molar-refractivity contribution >= 4 is 45.6 Å². The molecule has 23 heavy (non-hydrogen) atoms. The molecule has 0 atom stereocenters. The minimum Gasteiger partial charge on any atom is -0.350 e. The Balaban J connectivity index is 0.00000192. The lowest BCUT2D eigenvalue weighted by Crippen LogP contribution is -2.45. The second-order valence-corrected chi connectivity index (χ2v) is 7.52. The Bertz CT molecular complexity index is 687. The van der Waals surface area contributed by atoms with Crippen LogP contribution in [0.4, 0.5) is 0 Å². The molecule has 7 heteroatoms. The first-order valence-electron chi connectivity index (χ1n) is 7.32. The first-order valence-corrected chi connectivity index (χ1v) is 8.99. The van der Waals surface area contributed by atoms with Crippen molar-refractivity contribution in [1.29, 1.82) is 0 Å². The smallest absolute Gasteiger partial charge is 0.270 e. The zero-order valence-corrected chi connectivity index (χ0v) is 15.8. The van der Waals surface area contributed by atoms with E-state index in [0.29, 0.717) is 18.8 Å². The molecule has 0 bridgehead atoms. The lowest BCUT2D eigenvalue weighted by Gasteiger charge is -2.42. The Hall–Kier alpha value is -0.950. The molecule has 1 fully saturated rings. The number of amides is 1. The van der Waals surface area contributed by atoms with Gasteiger partial charge in [-0.3, -0.25) is 4.79 Å². The standard InChI is InChI=1S/C16H18BrN3OS.ClH/c17-12-4-1-3-11(7-12)16(5-2-6-16)10-19-15(21)13-9-22-14(8-18)20-13;/h1,3-4,7,9H,2,5-6,8,10,18H2,(H,19,21);1H. The fourth-order valence-electron chi connectivity index (χ4n) is 2.84. The fraction of sp³-hybridized carbons (Fsp3) is 0.375. The second kappa shape index (κ2) is 7.75. The average Bonchev–Trinajstić information content (AvgIpc) is 2.95. The number of carbonyl (C=O) groups is 1. The molecule has 1 heterocycles. The topological polar surface area (TPSA) is 68.0 Å². The van der Waals surface area contributed by atoms with Gasteiger partial charge < -0.3 is 11.1 Å². The Morgan fingerprint density at radius 1 is 1.43 bits per heavy atom. The van der Waals surface area contributed by atoms with E-state index in [1.165, 1.54) is 23.3 Å². The van der Waals surface area contributed by atoms with Gasteiger partial charge in [0, 0.05) is 28.4 Å². The average molecular weight is 417 g/mol. The maximum Gasteiger partial charge on any atom is 0.270 e. The van der Waals surface area contributed by atoms with Gasteiger partial charge in [-0.25, -0.2) is 4.98 Å². The third-order valence-electron chi connectivity index (χ3n) is 4.29. The third kappa shape index (κ3) is 3.94. The predicted octanol–water partition coefficient (Wildman–Crippen LogP) is 3.64.